The fourth-order valence-electron chi connectivity index (χ4n) is 3.10. The molecule has 1 unspecified atom stereocenters. The topological polar surface area (TPSA) is 69.6 Å². The second-order valence-corrected chi connectivity index (χ2v) is 6.74. The molecular formula is C19H28N2O3. The Balaban J connectivity index is 1.89. The lowest BCUT2D eigenvalue weighted by molar-refractivity contribution is -0.129. The summed E-state index contributed by atoms with van der Waals surface area (Å²) in [6.07, 6.45) is 1.89. The molecule has 0 aromatic heterocycles. The third kappa shape index (κ3) is 4.35. The molecule has 2 N–H and O–H groups in total. The second kappa shape index (κ2) is 8.29. The second-order valence-electron chi connectivity index (χ2n) is 6.74. The van der Waals surface area contributed by atoms with Crippen LogP contribution in [0.25, 0.3) is 0 Å². The van der Waals surface area contributed by atoms with Gasteiger partial charge in [-0.1, -0.05) is 44.2 Å². The van der Waals surface area contributed by atoms with Crippen LogP contribution in [-0.2, 0) is 16.1 Å². The van der Waals surface area contributed by atoms with Gasteiger partial charge in [-0.15, -0.1) is 0 Å². The summed E-state index contributed by atoms with van der Waals surface area (Å²) in [5.74, 6) is -0.358. The summed E-state index contributed by atoms with van der Waals surface area (Å²) < 4.78 is 0. The van der Waals surface area contributed by atoms with Crippen LogP contribution >= 0.6 is 0 Å². The van der Waals surface area contributed by atoms with Crippen molar-refractivity contribution in [2.75, 3.05) is 19.7 Å². The minimum absolute atomic E-state index is 0.0263. The van der Waals surface area contributed by atoms with Crippen molar-refractivity contribution < 1.29 is 14.7 Å². The number of aliphatic hydroxyl groups is 1. The first-order valence-corrected chi connectivity index (χ1v) is 8.74. The largest absolute Gasteiger partial charge is 0.396 e. The Morgan fingerprint density at radius 1 is 1.29 bits per heavy atom. The molecule has 24 heavy (non-hydrogen) atoms. The first kappa shape index (κ1) is 18.5. The van der Waals surface area contributed by atoms with Gasteiger partial charge in [0.05, 0.1) is 12.5 Å². The zero-order valence-electron chi connectivity index (χ0n) is 14.6. The van der Waals surface area contributed by atoms with Crippen LogP contribution < -0.4 is 5.32 Å². The highest BCUT2D eigenvalue weighted by Gasteiger charge is 2.35. The number of nitrogens with zero attached hydrogens (tertiary/aromatic N) is 1. The molecule has 2 amide bonds. The Hall–Kier alpha value is -1.88. The van der Waals surface area contributed by atoms with Crippen LogP contribution in [0.2, 0.25) is 0 Å². The molecule has 1 aliphatic heterocycles. The van der Waals surface area contributed by atoms with E-state index >= 15 is 0 Å². The van der Waals surface area contributed by atoms with Gasteiger partial charge in [0.2, 0.25) is 11.8 Å². The van der Waals surface area contributed by atoms with Crippen molar-refractivity contribution in [2.24, 2.45) is 11.3 Å². The molecular weight excluding hydrogens is 304 g/mol. The average molecular weight is 332 g/mol. The van der Waals surface area contributed by atoms with Gasteiger partial charge in [-0.05, 0) is 18.4 Å². The summed E-state index contributed by atoms with van der Waals surface area (Å²) >= 11 is 0. The molecule has 0 bridgehead atoms. The minimum Gasteiger partial charge on any atom is -0.396 e. The van der Waals surface area contributed by atoms with E-state index in [4.69, 9.17) is 0 Å². The highest BCUT2D eigenvalue weighted by molar-refractivity contribution is 5.89. The smallest absolute Gasteiger partial charge is 0.225 e. The molecule has 1 saturated heterocycles. The molecule has 1 fully saturated rings. The van der Waals surface area contributed by atoms with E-state index < -0.39 is 0 Å². The lowest BCUT2D eigenvalue weighted by atomic mass is 9.83. The third-order valence-corrected chi connectivity index (χ3v) is 5.27. The number of hydrogen-bond acceptors (Lipinski definition) is 3. The molecule has 1 aliphatic rings. The van der Waals surface area contributed by atoms with E-state index in [1.54, 1.807) is 4.90 Å². The van der Waals surface area contributed by atoms with E-state index in [0.717, 1.165) is 18.4 Å². The molecule has 0 aliphatic carbocycles. The molecule has 2 rings (SSSR count). The normalized spacial score (nSPS) is 18.0. The van der Waals surface area contributed by atoms with E-state index in [-0.39, 0.29) is 36.2 Å². The van der Waals surface area contributed by atoms with Gasteiger partial charge < -0.3 is 15.3 Å². The van der Waals surface area contributed by atoms with Gasteiger partial charge in [0.15, 0.2) is 0 Å². The SMILES string of the molecule is CCC(CC)(CO)CNC(=O)C1CC(=O)N(Cc2ccccc2)C1. The summed E-state index contributed by atoms with van der Waals surface area (Å²) in [7, 11) is 0. The maximum Gasteiger partial charge on any atom is 0.225 e. The van der Waals surface area contributed by atoms with Gasteiger partial charge >= 0.3 is 0 Å². The number of carbonyl (C=O) groups is 2. The van der Waals surface area contributed by atoms with Crippen molar-refractivity contribution in [3.05, 3.63) is 35.9 Å². The monoisotopic (exact) mass is 332 g/mol. The number of carbonyl (C=O) groups excluding carboxylic acids is 2. The predicted octanol–water partition coefficient (Wildman–Crippen LogP) is 1.95. The number of aliphatic hydroxyl groups excluding tert-OH is 1. The highest BCUT2D eigenvalue weighted by atomic mass is 16.3. The van der Waals surface area contributed by atoms with Crippen molar-refractivity contribution >= 4 is 11.8 Å². The zero-order chi connectivity index (χ0) is 17.6. The van der Waals surface area contributed by atoms with Crippen LogP contribution in [0, 0.1) is 11.3 Å². The first-order chi connectivity index (χ1) is 11.5. The molecule has 1 aromatic carbocycles. The van der Waals surface area contributed by atoms with Crippen molar-refractivity contribution in [3.63, 3.8) is 0 Å². The third-order valence-electron chi connectivity index (χ3n) is 5.27. The molecule has 0 saturated carbocycles. The number of nitrogens with one attached hydrogen (secondary N) is 1. The van der Waals surface area contributed by atoms with Gasteiger partial charge in [-0.3, -0.25) is 9.59 Å². The number of benzene rings is 1. The molecule has 1 aromatic rings. The molecule has 0 radical (unpaired) electrons. The van der Waals surface area contributed by atoms with Gasteiger partial charge in [-0.2, -0.15) is 0 Å². The quantitative estimate of drug-likeness (QED) is 0.764. The predicted molar refractivity (Wildman–Crippen MR) is 93.1 cm³/mol. The van der Waals surface area contributed by atoms with Crippen molar-refractivity contribution in [1.82, 2.24) is 10.2 Å². The van der Waals surface area contributed by atoms with Gasteiger partial charge in [-0.25, -0.2) is 0 Å². The Morgan fingerprint density at radius 2 is 1.96 bits per heavy atom. The standard InChI is InChI=1S/C19H28N2O3/c1-3-19(4-2,14-22)13-20-18(24)16-10-17(23)21(12-16)11-15-8-6-5-7-9-15/h5-9,16,22H,3-4,10-14H2,1-2H3,(H,20,24). The number of hydrogen-bond donors (Lipinski definition) is 2. The average Bonchev–Trinajstić information content (AvgIpc) is 2.98. The summed E-state index contributed by atoms with van der Waals surface area (Å²) in [5.41, 5.74) is 0.810. The highest BCUT2D eigenvalue weighted by Crippen LogP contribution is 2.25. The number of rotatable bonds is 8. The van der Waals surface area contributed by atoms with E-state index in [2.05, 4.69) is 5.32 Å². The van der Waals surface area contributed by atoms with Crippen LogP contribution in [0.4, 0.5) is 0 Å². The summed E-state index contributed by atoms with van der Waals surface area (Å²) in [6, 6.07) is 9.81. The van der Waals surface area contributed by atoms with Gasteiger partial charge in [0.25, 0.3) is 0 Å². The fraction of sp³-hybridized carbons (Fsp3) is 0.579. The molecule has 5 nitrogen and oxygen atoms in total. The molecule has 132 valence electrons. The van der Waals surface area contributed by atoms with E-state index in [0.29, 0.717) is 19.6 Å². The first-order valence-electron chi connectivity index (χ1n) is 8.74. The lowest BCUT2D eigenvalue weighted by Gasteiger charge is -2.30. The van der Waals surface area contributed by atoms with E-state index in [9.17, 15) is 14.7 Å². The zero-order valence-corrected chi connectivity index (χ0v) is 14.6. The minimum atomic E-state index is -0.300. The lowest BCUT2D eigenvalue weighted by Crippen LogP contribution is -2.42. The van der Waals surface area contributed by atoms with E-state index in [1.807, 2.05) is 44.2 Å². The van der Waals surface area contributed by atoms with Crippen LogP contribution in [-0.4, -0.2) is 41.5 Å². The van der Waals surface area contributed by atoms with Crippen LogP contribution in [0.5, 0.6) is 0 Å². The number of likely N-dealkylation sites (tertiary alicyclic amines) is 1. The van der Waals surface area contributed by atoms with Crippen molar-refractivity contribution in [1.29, 1.82) is 0 Å². The fourth-order valence-corrected chi connectivity index (χ4v) is 3.10. The summed E-state index contributed by atoms with van der Waals surface area (Å²) in [6.45, 7) is 5.57. The molecule has 1 heterocycles. The maximum absolute atomic E-state index is 12.4. The summed E-state index contributed by atoms with van der Waals surface area (Å²) in [5, 5.41) is 12.5. The van der Waals surface area contributed by atoms with Gasteiger partial charge in [0.1, 0.15) is 0 Å². The van der Waals surface area contributed by atoms with Crippen LogP contribution in [0.1, 0.15) is 38.7 Å². The van der Waals surface area contributed by atoms with Crippen molar-refractivity contribution in [3.8, 4) is 0 Å². The van der Waals surface area contributed by atoms with E-state index in [1.165, 1.54) is 0 Å². The Bertz CT molecular complexity index is 547. The molecule has 5 heteroatoms. The van der Waals surface area contributed by atoms with Crippen molar-refractivity contribution in [2.45, 2.75) is 39.7 Å². The Morgan fingerprint density at radius 3 is 2.54 bits per heavy atom. The maximum atomic E-state index is 12.4. The van der Waals surface area contributed by atoms with Crippen LogP contribution in [0.3, 0.4) is 0 Å². The Kier molecular flexibility index (Phi) is 6.37. The van der Waals surface area contributed by atoms with Gasteiger partial charge in [0, 0.05) is 31.5 Å². The molecule has 1 atom stereocenters. The van der Waals surface area contributed by atoms with Crippen LogP contribution in [0.15, 0.2) is 30.3 Å². The molecule has 0 spiro atoms. The number of amides is 2. The Labute approximate surface area is 144 Å². The summed E-state index contributed by atoms with van der Waals surface area (Å²) in [4.78, 5) is 26.3.